The molecule has 2 N–H and O–H groups in total. The van der Waals surface area contributed by atoms with Crippen molar-refractivity contribution in [1.29, 1.82) is 0 Å². The molecule has 0 atom stereocenters. The van der Waals surface area contributed by atoms with Gasteiger partial charge < -0.3 is 19.7 Å². The molecule has 8 rings (SSSR count). The van der Waals surface area contributed by atoms with Gasteiger partial charge >= 0.3 is 11.9 Å². The van der Waals surface area contributed by atoms with Crippen LogP contribution in [-0.2, 0) is 20.3 Å². The highest BCUT2D eigenvalue weighted by Gasteiger charge is 2.31. The van der Waals surface area contributed by atoms with Crippen molar-refractivity contribution in [2.24, 2.45) is 5.41 Å². The molecule has 8 aromatic rings. The predicted octanol–water partition coefficient (Wildman–Crippen LogP) is 7.20. The first-order valence-electron chi connectivity index (χ1n) is 17.0. The fourth-order valence-electron chi connectivity index (χ4n) is 6.38. The quantitative estimate of drug-likeness (QED) is 0.163. The highest BCUT2D eigenvalue weighted by Crippen LogP contribution is 2.36. The summed E-state index contributed by atoms with van der Waals surface area (Å²) >= 11 is 0. The lowest BCUT2D eigenvalue weighted by Crippen LogP contribution is -2.28. The largest absolute Gasteiger partial charge is 0.506 e. The maximum atomic E-state index is 13.1. The molecule has 0 amide bonds. The molecule has 12 heteroatoms. The van der Waals surface area contributed by atoms with Gasteiger partial charge in [-0.15, -0.1) is 28.1 Å². The SMILES string of the molecule is CC(C)(COC(=O)c1ccc2c(c1)n1n(-c3cc(C(C)(C)C)ccc3O)n21)COC(=O)c1ccc2c(c1)n1n(-c3cc(C(C)(C)C)ccc3O)n21. The lowest BCUT2D eigenvalue weighted by molar-refractivity contribution is 0.00617. The lowest BCUT2D eigenvalue weighted by Gasteiger charge is -2.23. The van der Waals surface area contributed by atoms with Gasteiger partial charge in [-0.1, -0.05) is 67.5 Å². The summed E-state index contributed by atoms with van der Waals surface area (Å²) in [6, 6.07) is 21.9. The number of phenols is 2. The molecule has 51 heavy (non-hydrogen) atoms. The minimum absolute atomic E-state index is 0.0463. The van der Waals surface area contributed by atoms with Crippen LogP contribution in [0.15, 0.2) is 72.8 Å². The molecule has 4 heterocycles. The molecular formula is C39H42N6O6. The van der Waals surface area contributed by atoms with E-state index in [2.05, 4.69) is 41.5 Å². The Bertz CT molecular complexity index is 2420. The Morgan fingerprint density at radius 1 is 0.529 bits per heavy atom. The number of carbonyl (C=O) groups is 2. The summed E-state index contributed by atoms with van der Waals surface area (Å²) in [6.45, 7) is 16.6. The molecule has 0 saturated heterocycles. The van der Waals surface area contributed by atoms with E-state index >= 15 is 0 Å². The Labute approximate surface area is 293 Å². The second kappa shape index (κ2) is 10.6. The minimum Gasteiger partial charge on any atom is -0.506 e. The van der Waals surface area contributed by atoms with Gasteiger partial charge in [0.15, 0.2) is 0 Å². The van der Waals surface area contributed by atoms with Gasteiger partial charge in [-0.3, -0.25) is 0 Å². The highest BCUT2D eigenvalue weighted by molar-refractivity contribution is 5.95. The van der Waals surface area contributed by atoms with Gasteiger partial charge in [0.1, 0.15) is 44.9 Å². The maximum absolute atomic E-state index is 13.1. The topological polar surface area (TPSA) is 121 Å². The molecule has 0 aliphatic carbocycles. The van der Waals surface area contributed by atoms with Gasteiger partial charge in [-0.05, 0) is 82.6 Å². The number of hydrogen-bond donors (Lipinski definition) is 2. The molecule has 0 spiro atoms. The number of ether oxygens (including phenoxy) is 2. The van der Waals surface area contributed by atoms with Gasteiger partial charge in [0.05, 0.1) is 24.3 Å². The Kier molecular flexibility index (Phi) is 6.75. The van der Waals surface area contributed by atoms with Gasteiger partial charge in [-0.25, -0.2) is 9.59 Å². The molecule has 0 bridgehead atoms. The molecule has 0 aliphatic rings. The van der Waals surface area contributed by atoms with Crippen molar-refractivity contribution in [1.82, 2.24) is 28.1 Å². The van der Waals surface area contributed by atoms with Crippen molar-refractivity contribution in [3.05, 3.63) is 95.1 Å². The number of nitrogens with zero attached hydrogens (tertiary/aromatic N) is 6. The zero-order chi connectivity index (χ0) is 36.4. The summed E-state index contributed by atoms with van der Waals surface area (Å²) in [5.41, 5.74) is 7.04. The van der Waals surface area contributed by atoms with Crippen LogP contribution in [0.4, 0.5) is 0 Å². The molecular weight excluding hydrogens is 648 g/mol. The Hall–Kier alpha value is -5.78. The number of rotatable bonds is 8. The van der Waals surface area contributed by atoms with E-state index in [-0.39, 0.29) is 35.5 Å². The number of esters is 2. The first-order valence-corrected chi connectivity index (χ1v) is 17.0. The maximum Gasteiger partial charge on any atom is 0.338 e. The van der Waals surface area contributed by atoms with Crippen molar-refractivity contribution in [3.8, 4) is 22.9 Å². The minimum atomic E-state index is -0.641. The van der Waals surface area contributed by atoms with Crippen LogP contribution in [0.25, 0.3) is 33.4 Å². The van der Waals surface area contributed by atoms with Crippen molar-refractivity contribution >= 4 is 34.0 Å². The highest BCUT2D eigenvalue weighted by atomic mass is 16.5. The van der Waals surface area contributed by atoms with Gasteiger partial charge in [0.25, 0.3) is 0 Å². The lowest BCUT2D eigenvalue weighted by atomic mass is 9.87. The summed E-state index contributed by atoms with van der Waals surface area (Å²) < 4.78 is 19.0. The van der Waals surface area contributed by atoms with Gasteiger partial charge in [0.2, 0.25) is 0 Å². The summed E-state index contributed by atoms with van der Waals surface area (Å²) in [7, 11) is 0. The number of aromatic nitrogens is 6. The molecule has 0 radical (unpaired) electrons. The molecule has 264 valence electrons. The standard InChI is InChI=1S/C39H42N6O6/c1-37(2,3)25-11-15-33(46)31(19-25)44-40-27-13-9-23(17-29(27)42(40)44)35(48)50-21-39(7,8)22-51-36(49)24-10-14-28-30(18-24)43-41(28)45(43)32-20-26(38(4,5)6)12-16-34(32)47/h9-20,46-47H,21-22H2,1-8H3. The third-order valence-corrected chi connectivity index (χ3v) is 9.60. The van der Waals surface area contributed by atoms with E-state index in [0.717, 1.165) is 33.2 Å². The number of carbonyl (C=O) groups excluding carboxylic acids is 2. The number of aromatic hydroxyl groups is 2. The zero-order valence-corrected chi connectivity index (χ0v) is 30.1. The molecule has 0 aliphatic heterocycles. The van der Waals surface area contributed by atoms with Crippen LogP contribution in [0.3, 0.4) is 0 Å². The summed E-state index contributed by atoms with van der Waals surface area (Å²) in [5.74, 6) is -0.611. The van der Waals surface area contributed by atoms with Crippen molar-refractivity contribution in [2.75, 3.05) is 13.2 Å². The molecule has 0 fully saturated rings. The van der Waals surface area contributed by atoms with Crippen LogP contribution in [0.5, 0.6) is 11.5 Å². The van der Waals surface area contributed by atoms with E-state index in [1.807, 2.05) is 78.4 Å². The van der Waals surface area contributed by atoms with Crippen molar-refractivity contribution < 1.29 is 29.3 Å². The second-order valence-electron chi connectivity index (χ2n) is 16.4. The van der Waals surface area contributed by atoms with Crippen LogP contribution in [-0.4, -0.2) is 63.5 Å². The third-order valence-electron chi connectivity index (χ3n) is 9.60. The zero-order valence-electron chi connectivity index (χ0n) is 30.1. The number of phenolic OH excluding ortho intramolecular Hbond substituents is 2. The molecule has 12 nitrogen and oxygen atoms in total. The first-order chi connectivity index (χ1) is 23.9. The van der Waals surface area contributed by atoms with Crippen LogP contribution in [0.2, 0.25) is 0 Å². The Morgan fingerprint density at radius 3 is 1.27 bits per heavy atom. The molecule has 4 aromatic heterocycles. The first kappa shape index (κ1) is 32.4. The van der Waals surface area contributed by atoms with E-state index in [9.17, 15) is 19.8 Å². The fraction of sp³-hybridized carbons (Fsp3) is 0.333. The van der Waals surface area contributed by atoms with Crippen LogP contribution in [0.1, 0.15) is 87.2 Å². The van der Waals surface area contributed by atoms with Crippen LogP contribution in [0, 0.1) is 5.41 Å². The fourth-order valence-corrected chi connectivity index (χ4v) is 6.38. The second-order valence-corrected chi connectivity index (χ2v) is 16.4. The van der Waals surface area contributed by atoms with E-state index in [1.165, 1.54) is 0 Å². The number of fused-ring (bicyclic) bond motifs is 8. The average Bonchev–Trinajstić information content (AvgIpc) is 3.93. The molecule has 4 aromatic carbocycles. The molecule has 0 unspecified atom stereocenters. The third kappa shape index (κ3) is 5.28. The number of hydrogen-bond acceptors (Lipinski definition) is 6. The van der Waals surface area contributed by atoms with E-state index < -0.39 is 17.4 Å². The van der Waals surface area contributed by atoms with E-state index in [4.69, 9.17) is 9.47 Å². The summed E-state index contributed by atoms with van der Waals surface area (Å²) in [5, 5.41) is 21.2. The Morgan fingerprint density at radius 2 is 0.902 bits per heavy atom. The van der Waals surface area contributed by atoms with Crippen molar-refractivity contribution in [2.45, 2.75) is 66.2 Å². The van der Waals surface area contributed by atoms with Gasteiger partial charge in [-0.2, -0.15) is 0 Å². The van der Waals surface area contributed by atoms with Gasteiger partial charge in [0, 0.05) is 5.41 Å². The predicted molar refractivity (Wildman–Crippen MR) is 193 cm³/mol. The smallest absolute Gasteiger partial charge is 0.338 e. The van der Waals surface area contributed by atoms with Crippen molar-refractivity contribution in [3.63, 3.8) is 0 Å². The normalized spacial score (nSPS) is 13.2. The monoisotopic (exact) mass is 690 g/mol. The number of benzene rings is 4. The molecule has 0 saturated carbocycles. The summed E-state index contributed by atoms with van der Waals surface area (Å²) in [4.78, 5) is 29.9. The van der Waals surface area contributed by atoms with Crippen LogP contribution >= 0.6 is 0 Å². The van der Waals surface area contributed by atoms with E-state index in [0.29, 0.717) is 22.5 Å². The Balaban J connectivity index is 0.908. The average molecular weight is 691 g/mol. The van der Waals surface area contributed by atoms with Crippen LogP contribution < -0.4 is 0 Å². The van der Waals surface area contributed by atoms with E-state index in [1.54, 1.807) is 36.4 Å². The summed E-state index contributed by atoms with van der Waals surface area (Å²) in [6.07, 6.45) is 0.